The molecule has 0 aliphatic carbocycles. The highest BCUT2D eigenvalue weighted by molar-refractivity contribution is 5.85. The zero-order chi connectivity index (χ0) is 10.8. The number of primary amides is 1. The molecular formula is C11H12N3O. The van der Waals surface area contributed by atoms with Crippen LogP contribution in [0, 0.1) is 0 Å². The van der Waals surface area contributed by atoms with Crippen molar-refractivity contribution in [1.82, 2.24) is 5.32 Å². The molecule has 1 heterocycles. The van der Waals surface area contributed by atoms with Crippen molar-refractivity contribution in [1.29, 1.82) is 0 Å². The van der Waals surface area contributed by atoms with Gasteiger partial charge in [0.15, 0.2) is 0 Å². The van der Waals surface area contributed by atoms with Crippen molar-refractivity contribution in [2.45, 2.75) is 12.5 Å². The van der Waals surface area contributed by atoms with Crippen LogP contribution in [0.2, 0.25) is 0 Å². The molecule has 1 aliphatic heterocycles. The monoisotopic (exact) mass is 202 g/mol. The topological polar surface area (TPSA) is 83.2 Å². The highest BCUT2D eigenvalue weighted by Crippen LogP contribution is 2.32. The van der Waals surface area contributed by atoms with E-state index in [1.54, 1.807) is 6.20 Å². The number of rotatable bonds is 3. The van der Waals surface area contributed by atoms with Crippen molar-refractivity contribution in [3.8, 4) is 0 Å². The first-order valence-electron chi connectivity index (χ1n) is 4.72. The van der Waals surface area contributed by atoms with E-state index in [1.807, 2.05) is 24.3 Å². The Morgan fingerprint density at radius 1 is 1.40 bits per heavy atom. The molecule has 4 nitrogen and oxygen atoms in total. The molecule has 1 aromatic carbocycles. The van der Waals surface area contributed by atoms with E-state index in [-0.39, 0.29) is 0 Å². The molecule has 1 aliphatic rings. The minimum atomic E-state index is -0.641. The molecule has 0 fully saturated rings. The number of benzene rings is 1. The van der Waals surface area contributed by atoms with Gasteiger partial charge < -0.3 is 11.5 Å². The standard InChI is InChI=1S/C11H12N3O/c12-9(11(13)15)5-7-6-14-10-4-2-1-3-8(7)10/h1-4,6,9H,5,12H2,(H2,13,15). The fourth-order valence-electron chi connectivity index (χ4n) is 1.57. The summed E-state index contributed by atoms with van der Waals surface area (Å²) in [5.41, 5.74) is 13.6. The number of carbonyl (C=O) groups excluding carboxylic acids is 1. The number of hydrogen-bond acceptors (Lipinski definition) is 2. The minimum Gasteiger partial charge on any atom is -0.368 e. The third-order valence-electron chi connectivity index (χ3n) is 2.41. The zero-order valence-electron chi connectivity index (χ0n) is 8.18. The van der Waals surface area contributed by atoms with Gasteiger partial charge in [-0.25, -0.2) is 0 Å². The Morgan fingerprint density at radius 3 is 2.87 bits per heavy atom. The van der Waals surface area contributed by atoms with Crippen LogP contribution in [0.4, 0.5) is 5.69 Å². The van der Waals surface area contributed by atoms with E-state index in [0.29, 0.717) is 6.42 Å². The molecule has 2 rings (SSSR count). The Kier molecular flexibility index (Phi) is 2.43. The highest BCUT2D eigenvalue weighted by Gasteiger charge is 2.19. The summed E-state index contributed by atoms with van der Waals surface area (Å²) < 4.78 is 0. The average molecular weight is 202 g/mol. The summed E-state index contributed by atoms with van der Waals surface area (Å²) in [5.74, 6) is -0.486. The summed E-state index contributed by atoms with van der Waals surface area (Å²) in [6.45, 7) is 0. The average Bonchev–Trinajstić information content (AvgIpc) is 2.62. The lowest BCUT2D eigenvalue weighted by Crippen LogP contribution is -2.36. The minimum absolute atomic E-state index is 0.440. The lowest BCUT2D eigenvalue weighted by atomic mass is 10.0. The van der Waals surface area contributed by atoms with Crippen LogP contribution >= 0.6 is 0 Å². The fraction of sp³-hybridized carbons (Fsp3) is 0.182. The quantitative estimate of drug-likeness (QED) is 0.747. The summed E-state index contributed by atoms with van der Waals surface area (Å²) >= 11 is 0. The Morgan fingerprint density at radius 2 is 2.13 bits per heavy atom. The second-order valence-corrected chi connectivity index (χ2v) is 3.51. The van der Waals surface area contributed by atoms with Crippen LogP contribution in [0.15, 0.2) is 30.5 Å². The first-order chi connectivity index (χ1) is 7.18. The fourth-order valence-corrected chi connectivity index (χ4v) is 1.57. The number of carbonyl (C=O) groups is 1. The molecule has 1 aromatic rings. The predicted octanol–water partition coefficient (Wildman–Crippen LogP) is 0.480. The first-order valence-corrected chi connectivity index (χ1v) is 4.72. The third kappa shape index (κ3) is 1.85. The highest BCUT2D eigenvalue weighted by atomic mass is 16.1. The third-order valence-corrected chi connectivity index (χ3v) is 2.41. The van der Waals surface area contributed by atoms with Crippen LogP contribution in [-0.4, -0.2) is 11.9 Å². The zero-order valence-corrected chi connectivity index (χ0v) is 8.18. The molecule has 0 saturated carbocycles. The number of fused-ring (bicyclic) bond motifs is 1. The number of amides is 1. The number of nitrogens with two attached hydrogens (primary N) is 2. The van der Waals surface area contributed by atoms with Crippen LogP contribution in [0.1, 0.15) is 12.0 Å². The molecule has 1 unspecified atom stereocenters. The van der Waals surface area contributed by atoms with Gasteiger partial charge in [0.2, 0.25) is 5.91 Å². The maximum Gasteiger partial charge on any atom is 0.234 e. The summed E-state index contributed by atoms with van der Waals surface area (Å²) in [6.07, 6.45) is 2.18. The predicted molar refractivity (Wildman–Crippen MR) is 58.0 cm³/mol. The van der Waals surface area contributed by atoms with E-state index < -0.39 is 11.9 Å². The molecule has 1 atom stereocenters. The molecule has 15 heavy (non-hydrogen) atoms. The van der Waals surface area contributed by atoms with Gasteiger partial charge in [-0.15, -0.1) is 0 Å². The van der Waals surface area contributed by atoms with Gasteiger partial charge >= 0.3 is 0 Å². The van der Waals surface area contributed by atoms with Crippen LogP contribution in [0.25, 0.3) is 5.57 Å². The van der Waals surface area contributed by atoms with Crippen molar-refractivity contribution < 1.29 is 4.79 Å². The van der Waals surface area contributed by atoms with Gasteiger partial charge in [-0.1, -0.05) is 18.2 Å². The molecule has 1 radical (unpaired) electrons. The molecule has 0 saturated heterocycles. The van der Waals surface area contributed by atoms with E-state index in [1.165, 1.54) is 0 Å². The normalized spacial score (nSPS) is 15.1. The summed E-state index contributed by atoms with van der Waals surface area (Å²) in [7, 11) is 0. The Hall–Kier alpha value is -1.81. The number of hydrogen-bond donors (Lipinski definition) is 2. The van der Waals surface area contributed by atoms with E-state index >= 15 is 0 Å². The second kappa shape index (κ2) is 3.74. The molecule has 4 heteroatoms. The molecular weight excluding hydrogens is 190 g/mol. The first kappa shape index (κ1) is 9.73. The van der Waals surface area contributed by atoms with Crippen molar-refractivity contribution in [3.05, 3.63) is 36.0 Å². The summed E-state index contributed by atoms with van der Waals surface area (Å²) in [6, 6.07) is 7.11. The lowest BCUT2D eigenvalue weighted by Gasteiger charge is -2.08. The van der Waals surface area contributed by atoms with Crippen molar-refractivity contribution in [3.63, 3.8) is 0 Å². The van der Waals surface area contributed by atoms with Crippen LogP contribution in [-0.2, 0) is 4.79 Å². The van der Waals surface area contributed by atoms with Gasteiger partial charge in [-0.3, -0.25) is 10.1 Å². The Bertz CT molecular complexity index is 426. The number of para-hydroxylation sites is 1. The van der Waals surface area contributed by atoms with Crippen molar-refractivity contribution in [2.24, 2.45) is 11.5 Å². The van der Waals surface area contributed by atoms with E-state index in [2.05, 4.69) is 5.32 Å². The Balaban J connectivity index is 2.17. The maximum atomic E-state index is 10.8. The molecule has 1 amide bonds. The lowest BCUT2D eigenvalue weighted by molar-refractivity contribution is -0.119. The largest absolute Gasteiger partial charge is 0.368 e. The van der Waals surface area contributed by atoms with Crippen LogP contribution in [0.3, 0.4) is 0 Å². The molecule has 4 N–H and O–H groups in total. The smallest absolute Gasteiger partial charge is 0.234 e. The molecule has 0 aromatic heterocycles. The number of nitrogens with zero attached hydrogens (tertiary/aromatic N) is 1. The van der Waals surface area contributed by atoms with Crippen LogP contribution in [0.5, 0.6) is 0 Å². The Labute approximate surface area is 88.0 Å². The summed E-state index contributed by atoms with van der Waals surface area (Å²) in [5, 5.41) is 4.22. The molecule has 0 bridgehead atoms. The van der Waals surface area contributed by atoms with Crippen molar-refractivity contribution in [2.75, 3.05) is 0 Å². The maximum absolute atomic E-state index is 10.8. The van der Waals surface area contributed by atoms with Crippen molar-refractivity contribution >= 4 is 17.2 Å². The van der Waals surface area contributed by atoms with Gasteiger partial charge in [0.05, 0.1) is 11.7 Å². The van der Waals surface area contributed by atoms with E-state index in [4.69, 9.17) is 11.5 Å². The molecule has 77 valence electrons. The van der Waals surface area contributed by atoms with Gasteiger partial charge in [0, 0.05) is 11.8 Å². The van der Waals surface area contributed by atoms with Gasteiger partial charge in [0.1, 0.15) is 0 Å². The van der Waals surface area contributed by atoms with Gasteiger partial charge in [-0.2, -0.15) is 0 Å². The van der Waals surface area contributed by atoms with Gasteiger partial charge in [0.25, 0.3) is 0 Å². The SMILES string of the molecule is NC(=O)C(N)CC1=C[N]c2ccccc21. The van der Waals surface area contributed by atoms with Crippen LogP contribution < -0.4 is 16.8 Å². The van der Waals surface area contributed by atoms with E-state index in [0.717, 1.165) is 16.8 Å². The second-order valence-electron chi connectivity index (χ2n) is 3.51. The molecule has 0 spiro atoms. The van der Waals surface area contributed by atoms with E-state index in [9.17, 15) is 4.79 Å². The van der Waals surface area contributed by atoms with Gasteiger partial charge in [-0.05, 0) is 18.1 Å². The summed E-state index contributed by atoms with van der Waals surface area (Å²) in [4.78, 5) is 10.8.